The summed E-state index contributed by atoms with van der Waals surface area (Å²) in [5, 5.41) is 12.4. The molecule has 2 N–H and O–H groups in total. The maximum atomic E-state index is 13.3. The van der Waals surface area contributed by atoms with Crippen LogP contribution < -0.4 is 5.32 Å². The number of amides is 1. The fourth-order valence-electron chi connectivity index (χ4n) is 1.58. The molecule has 1 heterocycles. The molecular formula is C13H11ClFNO4S. The van der Waals surface area contributed by atoms with Crippen LogP contribution in [0.15, 0.2) is 34.7 Å². The smallest absolute Gasteiger partial charge is 0.338 e. The summed E-state index contributed by atoms with van der Waals surface area (Å²) in [6.07, 6.45) is 3.88. The maximum Gasteiger partial charge on any atom is 0.338 e. The van der Waals surface area contributed by atoms with Crippen molar-refractivity contribution in [1.29, 1.82) is 0 Å². The van der Waals surface area contributed by atoms with Crippen LogP contribution in [0.2, 0.25) is 0 Å². The number of halogens is 2. The first-order chi connectivity index (χ1) is 9.87. The summed E-state index contributed by atoms with van der Waals surface area (Å²) >= 11 is 6.62. The van der Waals surface area contributed by atoms with Gasteiger partial charge in [0.05, 0.1) is 11.3 Å². The summed E-state index contributed by atoms with van der Waals surface area (Å²) in [7, 11) is 0. The number of carbonyl (C=O) groups is 2. The molecule has 0 aliphatic heterocycles. The topological polar surface area (TPSA) is 75.6 Å². The number of aromatic carboxylic acids is 1. The predicted molar refractivity (Wildman–Crippen MR) is 77.4 cm³/mol. The van der Waals surface area contributed by atoms with Gasteiger partial charge in [0.25, 0.3) is 5.91 Å². The zero-order valence-corrected chi connectivity index (χ0v) is 12.2. The Morgan fingerprint density at radius 1 is 1.52 bits per heavy atom. The van der Waals surface area contributed by atoms with Crippen molar-refractivity contribution in [1.82, 2.24) is 0 Å². The van der Waals surface area contributed by atoms with Gasteiger partial charge in [-0.05, 0) is 18.2 Å². The minimum atomic E-state index is -1.91. The number of ether oxygens (including phenoxy) is 1. The Bertz CT molecular complexity index is 623. The SMILES string of the molecule is O=C(COC1=CCC(F)(Cl)C=C1)Nc1cscc1C(=O)O. The zero-order valence-electron chi connectivity index (χ0n) is 10.6. The van der Waals surface area contributed by atoms with Crippen LogP contribution in [0, 0.1) is 0 Å². The van der Waals surface area contributed by atoms with Crippen LogP contribution in [0.3, 0.4) is 0 Å². The van der Waals surface area contributed by atoms with Crippen LogP contribution in [0.5, 0.6) is 0 Å². The molecule has 1 atom stereocenters. The number of rotatable bonds is 5. The molecule has 0 saturated heterocycles. The number of carboxylic acids is 1. The van der Waals surface area contributed by atoms with E-state index in [0.29, 0.717) is 5.76 Å². The number of carboxylic acid groups (broad SMARTS) is 1. The highest BCUT2D eigenvalue weighted by molar-refractivity contribution is 7.08. The highest BCUT2D eigenvalue weighted by Gasteiger charge is 2.24. The molecule has 0 bridgehead atoms. The second-order valence-electron chi connectivity index (χ2n) is 4.25. The van der Waals surface area contributed by atoms with E-state index in [1.807, 2.05) is 0 Å². The molecule has 8 heteroatoms. The van der Waals surface area contributed by atoms with Crippen molar-refractivity contribution in [2.75, 3.05) is 11.9 Å². The lowest BCUT2D eigenvalue weighted by Gasteiger charge is -2.16. The quantitative estimate of drug-likeness (QED) is 0.813. The fourth-order valence-corrected chi connectivity index (χ4v) is 2.47. The third-order valence-corrected chi connectivity index (χ3v) is 3.63. The molecule has 0 aromatic carbocycles. The van der Waals surface area contributed by atoms with Gasteiger partial charge in [0, 0.05) is 17.2 Å². The van der Waals surface area contributed by atoms with Gasteiger partial charge in [0.1, 0.15) is 5.76 Å². The molecule has 1 aromatic heterocycles. The average molecular weight is 332 g/mol. The second kappa shape index (κ2) is 6.28. The number of hydrogen-bond donors (Lipinski definition) is 2. The average Bonchev–Trinajstić information content (AvgIpc) is 2.85. The largest absolute Gasteiger partial charge is 0.484 e. The van der Waals surface area contributed by atoms with Crippen molar-refractivity contribution in [3.63, 3.8) is 0 Å². The van der Waals surface area contributed by atoms with E-state index < -0.39 is 17.0 Å². The van der Waals surface area contributed by atoms with Crippen LogP contribution in [0.1, 0.15) is 16.8 Å². The highest BCUT2D eigenvalue weighted by atomic mass is 35.5. The first-order valence-electron chi connectivity index (χ1n) is 5.87. The predicted octanol–water partition coefficient (Wildman–Crippen LogP) is 3.15. The molecule has 1 amide bonds. The Morgan fingerprint density at radius 2 is 2.29 bits per heavy atom. The van der Waals surface area contributed by atoms with Gasteiger partial charge in [0.15, 0.2) is 6.61 Å². The Kier molecular flexibility index (Phi) is 4.64. The van der Waals surface area contributed by atoms with E-state index >= 15 is 0 Å². The van der Waals surface area contributed by atoms with Gasteiger partial charge in [0.2, 0.25) is 5.13 Å². The number of alkyl halides is 2. The summed E-state index contributed by atoms with van der Waals surface area (Å²) in [6.45, 7) is -0.313. The van der Waals surface area contributed by atoms with Crippen LogP contribution >= 0.6 is 22.9 Å². The highest BCUT2D eigenvalue weighted by Crippen LogP contribution is 2.29. The molecule has 0 spiro atoms. The number of nitrogens with one attached hydrogen (secondary N) is 1. The van der Waals surface area contributed by atoms with Gasteiger partial charge < -0.3 is 15.2 Å². The van der Waals surface area contributed by atoms with Crippen LogP contribution in [-0.4, -0.2) is 28.7 Å². The Labute approximate surface area is 128 Å². The van der Waals surface area contributed by atoms with Gasteiger partial charge in [-0.25, -0.2) is 9.18 Å². The fraction of sp³-hybridized carbons (Fsp3) is 0.231. The molecule has 1 unspecified atom stereocenters. The maximum absolute atomic E-state index is 13.3. The van der Waals surface area contributed by atoms with Gasteiger partial charge in [-0.1, -0.05) is 11.6 Å². The minimum absolute atomic E-state index is 0.0227. The van der Waals surface area contributed by atoms with Crippen molar-refractivity contribution in [2.24, 2.45) is 0 Å². The molecule has 5 nitrogen and oxygen atoms in total. The normalized spacial score (nSPS) is 20.8. The van der Waals surface area contributed by atoms with Crippen molar-refractivity contribution < 1.29 is 23.8 Å². The van der Waals surface area contributed by atoms with E-state index in [9.17, 15) is 14.0 Å². The molecular weight excluding hydrogens is 321 g/mol. The lowest BCUT2D eigenvalue weighted by Crippen LogP contribution is -2.20. The summed E-state index contributed by atoms with van der Waals surface area (Å²) in [4.78, 5) is 22.6. The molecule has 0 saturated carbocycles. The summed E-state index contributed by atoms with van der Waals surface area (Å²) in [5.41, 5.74) is 0.243. The van der Waals surface area contributed by atoms with Crippen LogP contribution in [0.25, 0.3) is 0 Å². The summed E-state index contributed by atoms with van der Waals surface area (Å²) < 4.78 is 18.4. The monoisotopic (exact) mass is 331 g/mol. The Hall–Kier alpha value is -1.86. The van der Waals surface area contributed by atoms with Crippen molar-refractivity contribution in [3.05, 3.63) is 40.3 Å². The van der Waals surface area contributed by atoms with E-state index in [2.05, 4.69) is 5.32 Å². The van der Waals surface area contributed by atoms with Crippen molar-refractivity contribution >= 4 is 40.5 Å². The van der Waals surface area contributed by atoms with E-state index in [4.69, 9.17) is 21.4 Å². The Balaban J connectivity index is 1.86. The lowest BCUT2D eigenvalue weighted by molar-refractivity contribution is -0.119. The molecule has 112 valence electrons. The molecule has 1 aliphatic carbocycles. The molecule has 0 radical (unpaired) electrons. The van der Waals surface area contributed by atoms with E-state index in [0.717, 1.165) is 6.08 Å². The van der Waals surface area contributed by atoms with E-state index in [1.54, 1.807) is 0 Å². The second-order valence-corrected chi connectivity index (χ2v) is 5.62. The molecule has 2 rings (SSSR count). The zero-order chi connectivity index (χ0) is 15.5. The third-order valence-electron chi connectivity index (χ3n) is 2.60. The third kappa shape index (κ3) is 4.30. The number of thiophene rings is 1. The molecule has 0 fully saturated rings. The van der Waals surface area contributed by atoms with E-state index in [1.165, 1.54) is 34.2 Å². The number of anilines is 1. The molecule has 21 heavy (non-hydrogen) atoms. The van der Waals surface area contributed by atoms with Crippen LogP contribution in [-0.2, 0) is 9.53 Å². The van der Waals surface area contributed by atoms with E-state index in [-0.39, 0.29) is 24.3 Å². The first-order valence-corrected chi connectivity index (χ1v) is 7.19. The number of hydrogen-bond acceptors (Lipinski definition) is 4. The van der Waals surface area contributed by atoms with Gasteiger partial charge in [-0.2, -0.15) is 0 Å². The molecule has 1 aromatic rings. The Morgan fingerprint density at radius 3 is 2.90 bits per heavy atom. The standard InChI is InChI=1S/C13H11ClFNO4S/c14-13(15)3-1-8(2-4-13)20-5-11(17)16-10-7-21-6-9(10)12(18)19/h1-3,6-7H,4-5H2,(H,16,17)(H,18,19). The van der Waals surface area contributed by atoms with Gasteiger partial charge >= 0.3 is 5.97 Å². The minimum Gasteiger partial charge on any atom is -0.484 e. The molecule has 1 aliphatic rings. The van der Waals surface area contributed by atoms with Crippen molar-refractivity contribution in [2.45, 2.75) is 11.5 Å². The number of carbonyl (C=O) groups excluding carboxylic acids is 1. The van der Waals surface area contributed by atoms with Gasteiger partial charge in [-0.15, -0.1) is 11.3 Å². The number of allylic oxidation sites excluding steroid dienone is 3. The first kappa shape index (κ1) is 15.5. The summed E-state index contributed by atoms with van der Waals surface area (Å²) in [5.74, 6) is -1.29. The summed E-state index contributed by atoms with van der Waals surface area (Å²) in [6, 6.07) is 0. The van der Waals surface area contributed by atoms with Gasteiger partial charge in [-0.3, -0.25) is 4.79 Å². The van der Waals surface area contributed by atoms with Crippen LogP contribution in [0.4, 0.5) is 10.1 Å². The van der Waals surface area contributed by atoms with Crippen molar-refractivity contribution in [3.8, 4) is 0 Å². The lowest BCUT2D eigenvalue weighted by atomic mass is 10.1.